The lowest BCUT2D eigenvalue weighted by Gasteiger charge is -2.19. The van der Waals surface area contributed by atoms with E-state index in [1.54, 1.807) is 17.0 Å². The molecular weight excluding hydrogens is 244 g/mol. The van der Waals surface area contributed by atoms with Crippen molar-refractivity contribution < 1.29 is 4.79 Å². The van der Waals surface area contributed by atoms with Crippen molar-refractivity contribution in [2.24, 2.45) is 0 Å². The molecule has 0 fully saturated rings. The summed E-state index contributed by atoms with van der Waals surface area (Å²) in [6.45, 7) is 2.69. The summed E-state index contributed by atoms with van der Waals surface area (Å²) in [5.74, 6) is -0.291. The molecule has 0 bridgehead atoms. The Hall–Kier alpha value is -2.75. The standard InChI is InChI=1S/C12H12N6O/c1-2-18(12(19)11-14-16-17-15-11)8-10-6-4-3-5-9(10)7-13/h3-6H,2,8H2,1H3,(H,14,15,16,17). The van der Waals surface area contributed by atoms with Crippen LogP contribution >= 0.6 is 0 Å². The van der Waals surface area contributed by atoms with Gasteiger partial charge in [-0.15, -0.1) is 10.2 Å². The number of amides is 1. The van der Waals surface area contributed by atoms with Crippen molar-refractivity contribution in [2.75, 3.05) is 6.54 Å². The normalized spacial score (nSPS) is 9.89. The van der Waals surface area contributed by atoms with Crippen LogP contribution in [-0.2, 0) is 6.54 Å². The van der Waals surface area contributed by atoms with Gasteiger partial charge in [0.15, 0.2) is 0 Å². The highest BCUT2D eigenvalue weighted by Crippen LogP contribution is 2.11. The van der Waals surface area contributed by atoms with Gasteiger partial charge in [0.25, 0.3) is 11.7 Å². The first kappa shape index (κ1) is 12.7. The van der Waals surface area contributed by atoms with Crippen molar-refractivity contribution in [3.8, 4) is 6.07 Å². The number of nitrogens with one attached hydrogen (secondary N) is 1. The molecule has 0 aliphatic carbocycles. The fourth-order valence-electron chi connectivity index (χ4n) is 1.69. The topological polar surface area (TPSA) is 98.6 Å². The Morgan fingerprint density at radius 1 is 1.47 bits per heavy atom. The number of aromatic nitrogens is 4. The minimum atomic E-state index is -0.316. The van der Waals surface area contributed by atoms with Crippen molar-refractivity contribution in [3.05, 3.63) is 41.2 Å². The van der Waals surface area contributed by atoms with Crippen LogP contribution in [0.2, 0.25) is 0 Å². The van der Waals surface area contributed by atoms with Gasteiger partial charge in [-0.3, -0.25) is 4.79 Å². The fourth-order valence-corrected chi connectivity index (χ4v) is 1.69. The second-order valence-electron chi connectivity index (χ2n) is 3.82. The zero-order chi connectivity index (χ0) is 13.7. The third-order valence-electron chi connectivity index (χ3n) is 2.70. The lowest BCUT2D eigenvalue weighted by molar-refractivity contribution is 0.0740. The summed E-state index contributed by atoms with van der Waals surface area (Å²) in [5, 5.41) is 22.0. The van der Waals surface area contributed by atoms with Crippen LogP contribution in [0, 0.1) is 11.3 Å². The van der Waals surface area contributed by atoms with Crippen molar-refractivity contribution >= 4 is 5.91 Å². The Bertz CT molecular complexity index is 601. The molecule has 0 atom stereocenters. The van der Waals surface area contributed by atoms with E-state index < -0.39 is 0 Å². The molecule has 0 aliphatic heterocycles. The Kier molecular flexibility index (Phi) is 3.83. The molecule has 2 aromatic rings. The number of hydrogen-bond acceptors (Lipinski definition) is 5. The molecule has 96 valence electrons. The van der Waals surface area contributed by atoms with Crippen molar-refractivity contribution in [2.45, 2.75) is 13.5 Å². The van der Waals surface area contributed by atoms with Crippen LogP contribution in [-0.4, -0.2) is 38.0 Å². The molecule has 1 aromatic heterocycles. The number of carbonyl (C=O) groups excluding carboxylic acids is 1. The second-order valence-corrected chi connectivity index (χ2v) is 3.82. The maximum absolute atomic E-state index is 12.1. The van der Waals surface area contributed by atoms with E-state index in [1.807, 2.05) is 19.1 Å². The molecule has 1 aromatic carbocycles. The van der Waals surface area contributed by atoms with E-state index >= 15 is 0 Å². The summed E-state index contributed by atoms with van der Waals surface area (Å²) in [6, 6.07) is 9.29. The predicted molar refractivity (Wildman–Crippen MR) is 65.7 cm³/mol. The van der Waals surface area contributed by atoms with Gasteiger partial charge < -0.3 is 4.90 Å². The molecule has 0 saturated carbocycles. The number of benzene rings is 1. The van der Waals surface area contributed by atoms with Gasteiger partial charge in [0.1, 0.15) is 0 Å². The number of hydrogen-bond donors (Lipinski definition) is 1. The number of rotatable bonds is 4. The number of nitriles is 1. The van der Waals surface area contributed by atoms with Gasteiger partial charge in [0, 0.05) is 13.1 Å². The summed E-state index contributed by atoms with van der Waals surface area (Å²) in [4.78, 5) is 13.7. The minimum absolute atomic E-state index is 0.0243. The van der Waals surface area contributed by atoms with Crippen LogP contribution in [0.1, 0.15) is 28.7 Å². The third-order valence-corrected chi connectivity index (χ3v) is 2.70. The number of aromatic amines is 1. The first-order valence-electron chi connectivity index (χ1n) is 5.77. The fraction of sp³-hybridized carbons (Fsp3) is 0.250. The van der Waals surface area contributed by atoms with Crippen LogP contribution < -0.4 is 0 Å². The van der Waals surface area contributed by atoms with Crippen LogP contribution in [0.5, 0.6) is 0 Å². The molecule has 0 radical (unpaired) electrons. The van der Waals surface area contributed by atoms with Crippen LogP contribution in [0.25, 0.3) is 0 Å². The van der Waals surface area contributed by atoms with E-state index in [0.29, 0.717) is 18.7 Å². The summed E-state index contributed by atoms with van der Waals surface area (Å²) in [5.41, 5.74) is 1.35. The van der Waals surface area contributed by atoms with Gasteiger partial charge in [-0.1, -0.05) is 18.2 Å². The second kappa shape index (κ2) is 5.73. The minimum Gasteiger partial charge on any atom is -0.332 e. The van der Waals surface area contributed by atoms with Crippen LogP contribution in [0.3, 0.4) is 0 Å². The maximum atomic E-state index is 12.1. The summed E-state index contributed by atoms with van der Waals surface area (Å²) in [6.07, 6.45) is 0. The molecule has 2 rings (SSSR count). The van der Waals surface area contributed by atoms with E-state index in [2.05, 4.69) is 26.7 Å². The average Bonchev–Trinajstić information content (AvgIpc) is 2.98. The molecule has 0 spiro atoms. The van der Waals surface area contributed by atoms with E-state index in [4.69, 9.17) is 5.26 Å². The SMILES string of the molecule is CCN(Cc1ccccc1C#N)C(=O)c1nn[nH]n1. The summed E-state index contributed by atoms with van der Waals surface area (Å²) in [7, 11) is 0. The molecule has 0 saturated heterocycles. The van der Waals surface area contributed by atoms with Gasteiger partial charge in [-0.25, -0.2) is 0 Å². The Balaban J connectivity index is 2.20. The van der Waals surface area contributed by atoms with Gasteiger partial charge in [-0.05, 0) is 23.8 Å². The average molecular weight is 256 g/mol. The zero-order valence-corrected chi connectivity index (χ0v) is 10.4. The summed E-state index contributed by atoms with van der Waals surface area (Å²) >= 11 is 0. The zero-order valence-electron chi connectivity index (χ0n) is 10.4. The van der Waals surface area contributed by atoms with Crippen LogP contribution in [0.15, 0.2) is 24.3 Å². The smallest absolute Gasteiger partial charge is 0.295 e. The summed E-state index contributed by atoms with van der Waals surface area (Å²) < 4.78 is 0. The molecule has 0 unspecified atom stereocenters. The monoisotopic (exact) mass is 256 g/mol. The highest BCUT2D eigenvalue weighted by atomic mass is 16.2. The largest absolute Gasteiger partial charge is 0.332 e. The van der Waals surface area contributed by atoms with Gasteiger partial charge in [0.2, 0.25) is 0 Å². The number of tetrazole rings is 1. The quantitative estimate of drug-likeness (QED) is 0.869. The van der Waals surface area contributed by atoms with E-state index in [9.17, 15) is 4.79 Å². The lowest BCUT2D eigenvalue weighted by atomic mass is 10.1. The van der Waals surface area contributed by atoms with Crippen LogP contribution in [0.4, 0.5) is 0 Å². The molecule has 1 heterocycles. The lowest BCUT2D eigenvalue weighted by Crippen LogP contribution is -2.31. The van der Waals surface area contributed by atoms with Crippen molar-refractivity contribution in [1.29, 1.82) is 5.26 Å². The Morgan fingerprint density at radius 3 is 2.89 bits per heavy atom. The highest BCUT2D eigenvalue weighted by molar-refractivity contribution is 5.90. The molecule has 1 N–H and O–H groups in total. The number of carbonyl (C=O) groups is 1. The van der Waals surface area contributed by atoms with E-state index in [1.165, 1.54) is 0 Å². The van der Waals surface area contributed by atoms with E-state index in [0.717, 1.165) is 5.56 Å². The maximum Gasteiger partial charge on any atom is 0.295 e. The van der Waals surface area contributed by atoms with Gasteiger partial charge in [0.05, 0.1) is 11.6 Å². The van der Waals surface area contributed by atoms with Crippen molar-refractivity contribution in [3.63, 3.8) is 0 Å². The molecular formula is C12H12N6O. The highest BCUT2D eigenvalue weighted by Gasteiger charge is 2.19. The van der Waals surface area contributed by atoms with E-state index in [-0.39, 0.29) is 11.7 Å². The number of nitrogens with zero attached hydrogens (tertiary/aromatic N) is 5. The van der Waals surface area contributed by atoms with Crippen molar-refractivity contribution in [1.82, 2.24) is 25.5 Å². The first-order valence-corrected chi connectivity index (χ1v) is 5.77. The molecule has 7 nitrogen and oxygen atoms in total. The Morgan fingerprint density at radius 2 is 2.26 bits per heavy atom. The molecule has 1 amide bonds. The number of H-pyrrole nitrogens is 1. The van der Waals surface area contributed by atoms with Gasteiger partial charge in [-0.2, -0.15) is 10.5 Å². The third kappa shape index (κ3) is 2.74. The van der Waals surface area contributed by atoms with Gasteiger partial charge >= 0.3 is 0 Å². The molecule has 0 aliphatic rings. The molecule has 19 heavy (non-hydrogen) atoms. The Labute approximate surface area is 109 Å². The first-order chi connectivity index (χ1) is 9.26. The molecule has 7 heteroatoms. The predicted octanol–water partition coefficient (Wildman–Crippen LogP) is 0.734.